The van der Waals surface area contributed by atoms with Crippen molar-refractivity contribution in [3.8, 4) is 0 Å². The van der Waals surface area contributed by atoms with Crippen LogP contribution in [0.2, 0.25) is 0 Å². The number of unbranched alkanes of at least 4 members (excludes halogenated alkanes) is 1. The van der Waals surface area contributed by atoms with Crippen LogP contribution >= 0.6 is 7.60 Å². The molecule has 2 aromatic heterocycles. The van der Waals surface area contributed by atoms with E-state index in [1.807, 2.05) is 0 Å². The van der Waals surface area contributed by atoms with E-state index in [1.165, 1.54) is 6.33 Å². The highest BCUT2D eigenvalue weighted by Crippen LogP contribution is 2.42. The van der Waals surface area contributed by atoms with Crippen molar-refractivity contribution in [1.29, 1.82) is 0 Å². The number of imidazole rings is 1. The Balaban J connectivity index is 1.79. The van der Waals surface area contributed by atoms with Crippen LogP contribution in [0.25, 0.3) is 11.2 Å². The Morgan fingerprint density at radius 2 is 2.26 bits per heavy atom. The van der Waals surface area contributed by atoms with Gasteiger partial charge in [-0.2, -0.15) is 4.98 Å². The van der Waals surface area contributed by atoms with Crippen LogP contribution in [0, 0.1) is 0 Å². The van der Waals surface area contributed by atoms with Gasteiger partial charge in [-0.25, -0.2) is 4.98 Å². The second-order valence-corrected chi connectivity index (χ2v) is 6.84. The van der Waals surface area contributed by atoms with Gasteiger partial charge in [-0.15, -0.1) is 0 Å². The number of aromatic nitrogens is 4. The van der Waals surface area contributed by atoms with Gasteiger partial charge in [-0.1, -0.05) is 0 Å². The molecule has 0 aliphatic heterocycles. The number of hydrogen-bond donors (Lipinski definition) is 3. The SMILES string of the molecule is CCOP(=O)(O)CCCCOCn1cnc2c(=O)[nH]c(N)nc21. The van der Waals surface area contributed by atoms with E-state index in [9.17, 15) is 14.3 Å². The van der Waals surface area contributed by atoms with Crippen LogP contribution in [0.15, 0.2) is 11.1 Å². The van der Waals surface area contributed by atoms with E-state index in [0.29, 0.717) is 25.1 Å². The molecule has 2 heterocycles. The summed E-state index contributed by atoms with van der Waals surface area (Å²) in [5.41, 5.74) is 5.64. The molecule has 11 heteroatoms. The summed E-state index contributed by atoms with van der Waals surface area (Å²) in [4.78, 5) is 31.4. The summed E-state index contributed by atoms with van der Waals surface area (Å²) in [5.74, 6) is 0.0128. The number of nitrogens with two attached hydrogens (primary N) is 1. The lowest BCUT2D eigenvalue weighted by Crippen LogP contribution is -2.12. The van der Waals surface area contributed by atoms with Crippen LogP contribution in [-0.2, 0) is 20.6 Å². The standard InChI is InChI=1S/C12H20N5O5P/c1-2-22-23(19,20)6-4-3-5-21-8-17-7-14-9-10(17)15-12(13)16-11(9)18/h7H,2-6,8H2,1H3,(H,19,20)(H3,13,15,16,18). The molecule has 0 spiro atoms. The number of aromatic amines is 1. The molecule has 0 radical (unpaired) electrons. The van der Waals surface area contributed by atoms with Crippen molar-refractivity contribution < 1.29 is 18.7 Å². The molecule has 128 valence electrons. The van der Waals surface area contributed by atoms with Crippen LogP contribution in [0.1, 0.15) is 19.8 Å². The van der Waals surface area contributed by atoms with Gasteiger partial charge < -0.3 is 19.9 Å². The van der Waals surface area contributed by atoms with Crippen molar-refractivity contribution in [2.45, 2.75) is 26.5 Å². The summed E-state index contributed by atoms with van der Waals surface area (Å²) in [6, 6.07) is 0. The topological polar surface area (TPSA) is 145 Å². The first-order valence-corrected chi connectivity index (χ1v) is 8.94. The molecule has 2 rings (SSSR count). The largest absolute Gasteiger partial charge is 0.369 e. The summed E-state index contributed by atoms with van der Waals surface area (Å²) in [5, 5.41) is 0. The fourth-order valence-corrected chi connectivity index (χ4v) is 3.17. The Morgan fingerprint density at radius 1 is 1.48 bits per heavy atom. The maximum atomic E-state index is 11.6. The summed E-state index contributed by atoms with van der Waals surface area (Å²) >= 11 is 0. The summed E-state index contributed by atoms with van der Waals surface area (Å²) < 4.78 is 23.3. The zero-order valence-electron chi connectivity index (χ0n) is 12.8. The predicted molar refractivity (Wildman–Crippen MR) is 84.1 cm³/mol. The number of hydrogen-bond acceptors (Lipinski definition) is 7. The Hall–Kier alpha value is -1.74. The molecule has 10 nitrogen and oxygen atoms in total. The molecule has 0 bridgehead atoms. The molecule has 2 aromatic rings. The smallest absolute Gasteiger partial charge is 0.328 e. The second kappa shape index (κ2) is 7.69. The summed E-state index contributed by atoms with van der Waals surface area (Å²) in [6.45, 7) is 2.44. The third-order valence-corrected chi connectivity index (χ3v) is 4.58. The molecule has 0 aromatic carbocycles. The van der Waals surface area contributed by atoms with Crippen LogP contribution < -0.4 is 11.3 Å². The van der Waals surface area contributed by atoms with E-state index in [0.717, 1.165) is 0 Å². The van der Waals surface area contributed by atoms with Crippen LogP contribution in [-0.4, -0.2) is 43.8 Å². The molecule has 0 fully saturated rings. The van der Waals surface area contributed by atoms with Gasteiger partial charge in [0.15, 0.2) is 11.2 Å². The minimum absolute atomic E-state index is 0.0128. The highest BCUT2D eigenvalue weighted by Gasteiger charge is 2.17. The zero-order chi connectivity index (χ0) is 16.9. The van der Waals surface area contributed by atoms with Gasteiger partial charge in [-0.3, -0.25) is 18.9 Å². The molecule has 0 aliphatic carbocycles. The van der Waals surface area contributed by atoms with Gasteiger partial charge in [0.1, 0.15) is 6.73 Å². The predicted octanol–water partition coefficient (Wildman–Crippen LogP) is 0.678. The van der Waals surface area contributed by atoms with E-state index in [2.05, 4.69) is 15.0 Å². The first-order chi connectivity index (χ1) is 10.9. The van der Waals surface area contributed by atoms with Crippen molar-refractivity contribution in [1.82, 2.24) is 19.5 Å². The minimum Gasteiger partial charge on any atom is -0.369 e. The van der Waals surface area contributed by atoms with E-state index < -0.39 is 13.2 Å². The second-order valence-electron chi connectivity index (χ2n) is 4.86. The molecule has 4 N–H and O–H groups in total. The molecule has 1 atom stereocenters. The third kappa shape index (κ3) is 4.87. The number of nitrogen functional groups attached to an aromatic ring is 1. The lowest BCUT2D eigenvalue weighted by Gasteiger charge is -2.10. The number of rotatable bonds is 9. The maximum Gasteiger partial charge on any atom is 0.328 e. The molecular formula is C12H20N5O5P. The summed E-state index contributed by atoms with van der Waals surface area (Å²) in [6.07, 6.45) is 2.68. The van der Waals surface area contributed by atoms with Crippen LogP contribution in [0.5, 0.6) is 0 Å². The van der Waals surface area contributed by atoms with Crippen LogP contribution in [0.4, 0.5) is 5.95 Å². The van der Waals surface area contributed by atoms with Crippen molar-refractivity contribution in [3.63, 3.8) is 0 Å². The quantitative estimate of drug-likeness (QED) is 0.444. The number of ether oxygens (including phenoxy) is 1. The lowest BCUT2D eigenvalue weighted by molar-refractivity contribution is 0.0769. The van der Waals surface area contributed by atoms with Gasteiger partial charge in [0.05, 0.1) is 19.1 Å². The first-order valence-electron chi connectivity index (χ1n) is 7.17. The number of fused-ring (bicyclic) bond motifs is 1. The van der Waals surface area contributed by atoms with Gasteiger partial charge in [0.25, 0.3) is 5.56 Å². The molecule has 0 saturated carbocycles. The maximum absolute atomic E-state index is 11.6. The first kappa shape index (κ1) is 17.6. The number of nitrogens with zero attached hydrogens (tertiary/aromatic N) is 3. The Morgan fingerprint density at radius 3 is 3.00 bits per heavy atom. The molecular weight excluding hydrogens is 325 g/mol. The normalized spacial score (nSPS) is 14.2. The Labute approximate surface area is 132 Å². The Bertz CT molecular complexity index is 758. The number of H-pyrrole nitrogens is 1. The number of anilines is 1. The van der Waals surface area contributed by atoms with Crippen molar-refractivity contribution in [2.24, 2.45) is 0 Å². The average Bonchev–Trinajstić information content (AvgIpc) is 2.86. The molecule has 0 aliphatic rings. The van der Waals surface area contributed by atoms with Crippen molar-refractivity contribution >= 4 is 24.7 Å². The minimum atomic E-state index is -3.47. The monoisotopic (exact) mass is 345 g/mol. The van der Waals surface area contributed by atoms with E-state index >= 15 is 0 Å². The molecule has 1 unspecified atom stereocenters. The molecule has 23 heavy (non-hydrogen) atoms. The highest BCUT2D eigenvalue weighted by atomic mass is 31.2. The van der Waals surface area contributed by atoms with E-state index in [-0.39, 0.29) is 31.0 Å². The van der Waals surface area contributed by atoms with Gasteiger partial charge in [-0.05, 0) is 19.8 Å². The van der Waals surface area contributed by atoms with E-state index in [4.69, 9.17) is 15.0 Å². The summed E-state index contributed by atoms with van der Waals surface area (Å²) in [7, 11) is -3.47. The third-order valence-electron chi connectivity index (χ3n) is 3.03. The van der Waals surface area contributed by atoms with Gasteiger partial charge >= 0.3 is 7.60 Å². The number of nitrogens with one attached hydrogen (secondary N) is 1. The molecule has 0 saturated heterocycles. The van der Waals surface area contributed by atoms with E-state index in [1.54, 1.807) is 11.5 Å². The molecule has 0 amide bonds. The fraction of sp³-hybridized carbons (Fsp3) is 0.583. The zero-order valence-corrected chi connectivity index (χ0v) is 13.7. The van der Waals surface area contributed by atoms with Gasteiger partial charge in [0.2, 0.25) is 5.95 Å². The fourth-order valence-electron chi connectivity index (χ4n) is 2.01. The average molecular weight is 345 g/mol. The van der Waals surface area contributed by atoms with Gasteiger partial charge in [0, 0.05) is 6.61 Å². The van der Waals surface area contributed by atoms with Crippen molar-refractivity contribution in [2.75, 3.05) is 25.1 Å². The van der Waals surface area contributed by atoms with Crippen LogP contribution in [0.3, 0.4) is 0 Å². The van der Waals surface area contributed by atoms with Crippen molar-refractivity contribution in [3.05, 3.63) is 16.7 Å². The Kier molecular flexibility index (Phi) is 5.89. The lowest BCUT2D eigenvalue weighted by atomic mass is 10.4. The highest BCUT2D eigenvalue weighted by molar-refractivity contribution is 7.52.